The molecule has 7 heteroatoms. The molecule has 1 saturated heterocycles. The number of aliphatic imine (C=N–C) groups is 1. The molecule has 0 atom stereocenters. The fourth-order valence-electron chi connectivity index (χ4n) is 2.99. The van der Waals surface area contributed by atoms with Gasteiger partial charge in [-0.2, -0.15) is 0 Å². The molecule has 154 valence electrons. The van der Waals surface area contributed by atoms with Gasteiger partial charge in [0.25, 0.3) is 0 Å². The number of hydrogen-bond donors (Lipinski definition) is 1. The van der Waals surface area contributed by atoms with Gasteiger partial charge in [0.05, 0.1) is 6.10 Å². The third kappa shape index (κ3) is 9.49. The first kappa shape index (κ1) is 24.5. The summed E-state index contributed by atoms with van der Waals surface area (Å²) in [6.45, 7) is 6.60. The van der Waals surface area contributed by atoms with Crippen molar-refractivity contribution in [3.63, 3.8) is 0 Å². The maximum atomic E-state index is 5.93. The molecule has 0 aromatic heterocycles. The van der Waals surface area contributed by atoms with E-state index < -0.39 is 0 Å². The number of hydrogen-bond acceptors (Lipinski definition) is 4. The van der Waals surface area contributed by atoms with Crippen LogP contribution in [0.2, 0.25) is 0 Å². The maximum absolute atomic E-state index is 5.93. The number of aryl methyl sites for hydroxylation is 1. The van der Waals surface area contributed by atoms with E-state index in [0.717, 1.165) is 63.8 Å². The number of benzene rings is 1. The molecule has 1 aromatic rings. The Hall–Kier alpha value is -0.510. The van der Waals surface area contributed by atoms with Gasteiger partial charge in [0.15, 0.2) is 5.96 Å². The van der Waals surface area contributed by atoms with Crippen LogP contribution in [0.3, 0.4) is 0 Å². The van der Waals surface area contributed by atoms with Gasteiger partial charge in [-0.3, -0.25) is 4.99 Å². The number of nitrogens with one attached hydrogen (secondary N) is 1. The summed E-state index contributed by atoms with van der Waals surface area (Å²) in [6, 6.07) is 8.70. The van der Waals surface area contributed by atoms with Gasteiger partial charge in [-0.25, -0.2) is 0 Å². The number of piperidine rings is 1. The molecule has 1 aliphatic heterocycles. The largest absolute Gasteiger partial charge is 0.385 e. The average Bonchev–Trinajstić information content (AvgIpc) is 2.67. The van der Waals surface area contributed by atoms with Crippen LogP contribution in [0.15, 0.2) is 34.2 Å². The fourth-order valence-corrected chi connectivity index (χ4v) is 3.75. The first-order chi connectivity index (χ1) is 12.7. The van der Waals surface area contributed by atoms with E-state index in [1.807, 2.05) is 18.8 Å². The number of rotatable bonds is 9. The summed E-state index contributed by atoms with van der Waals surface area (Å²) in [5.74, 6) is 2.04. The number of guanidine groups is 1. The van der Waals surface area contributed by atoms with E-state index >= 15 is 0 Å². The Morgan fingerprint density at radius 3 is 2.56 bits per heavy atom. The molecule has 0 radical (unpaired) electrons. The van der Waals surface area contributed by atoms with Gasteiger partial charge in [-0.15, -0.1) is 35.7 Å². The Labute approximate surface area is 185 Å². The second-order valence-electron chi connectivity index (χ2n) is 6.54. The molecule has 0 bridgehead atoms. The Bertz CT molecular complexity index is 535. The van der Waals surface area contributed by atoms with E-state index in [-0.39, 0.29) is 24.0 Å². The van der Waals surface area contributed by atoms with Gasteiger partial charge in [0.2, 0.25) is 0 Å². The molecule has 27 heavy (non-hydrogen) atoms. The Kier molecular flexibility index (Phi) is 13.2. The molecule has 0 spiro atoms. The average molecular weight is 507 g/mol. The molecule has 1 aliphatic rings. The minimum absolute atomic E-state index is 0. The van der Waals surface area contributed by atoms with Crippen molar-refractivity contribution in [2.24, 2.45) is 4.99 Å². The van der Waals surface area contributed by atoms with E-state index in [4.69, 9.17) is 9.47 Å². The highest BCUT2D eigenvalue weighted by Crippen LogP contribution is 2.18. The maximum Gasteiger partial charge on any atom is 0.193 e. The van der Waals surface area contributed by atoms with Crippen molar-refractivity contribution in [2.75, 3.05) is 52.8 Å². The van der Waals surface area contributed by atoms with Crippen LogP contribution in [-0.2, 0) is 9.47 Å². The predicted octanol–water partition coefficient (Wildman–Crippen LogP) is 3.80. The molecule has 0 aliphatic carbocycles. The summed E-state index contributed by atoms with van der Waals surface area (Å²) in [5, 5.41) is 3.49. The first-order valence-corrected chi connectivity index (χ1v) is 10.5. The standard InChI is InChI=1S/C20H33N3O2S.HI/c1-17-5-7-19(8-6-17)26-16-11-22-20(21-2)23-12-9-18(10-13-23)25-15-4-14-24-3;/h5-8,18H,4,9-16H2,1-3H3,(H,21,22);1H. The van der Waals surface area contributed by atoms with Crippen molar-refractivity contribution in [2.45, 2.75) is 37.2 Å². The van der Waals surface area contributed by atoms with Crippen LogP contribution in [0.1, 0.15) is 24.8 Å². The smallest absolute Gasteiger partial charge is 0.193 e. The molecule has 1 fully saturated rings. The van der Waals surface area contributed by atoms with Gasteiger partial charge in [-0.05, 0) is 38.3 Å². The molecule has 1 N–H and O–H groups in total. The van der Waals surface area contributed by atoms with E-state index in [1.165, 1.54) is 10.5 Å². The Morgan fingerprint density at radius 2 is 1.93 bits per heavy atom. The van der Waals surface area contributed by atoms with Crippen LogP contribution < -0.4 is 5.32 Å². The van der Waals surface area contributed by atoms with Crippen LogP contribution in [0, 0.1) is 6.92 Å². The lowest BCUT2D eigenvalue weighted by atomic mass is 10.1. The molecule has 0 unspecified atom stereocenters. The summed E-state index contributed by atoms with van der Waals surface area (Å²) < 4.78 is 11.0. The van der Waals surface area contributed by atoms with Crippen molar-refractivity contribution in [3.8, 4) is 0 Å². The van der Waals surface area contributed by atoms with Crippen LogP contribution in [-0.4, -0.2) is 69.7 Å². The SMILES string of the molecule is CN=C(NCCSc1ccc(C)cc1)N1CCC(OCCCOC)CC1.I. The van der Waals surface area contributed by atoms with Crippen molar-refractivity contribution < 1.29 is 9.47 Å². The van der Waals surface area contributed by atoms with Crippen LogP contribution in [0.25, 0.3) is 0 Å². The molecule has 1 heterocycles. The van der Waals surface area contributed by atoms with Crippen LogP contribution >= 0.6 is 35.7 Å². The summed E-state index contributed by atoms with van der Waals surface area (Å²) in [5.41, 5.74) is 1.30. The zero-order chi connectivity index (χ0) is 18.6. The molecule has 0 amide bonds. The van der Waals surface area contributed by atoms with Crippen molar-refractivity contribution in [3.05, 3.63) is 29.8 Å². The Balaban J connectivity index is 0.00000364. The summed E-state index contributed by atoms with van der Waals surface area (Å²) in [6.07, 6.45) is 3.47. The van der Waals surface area contributed by atoms with Gasteiger partial charge in [0, 0.05) is 57.7 Å². The second kappa shape index (κ2) is 14.5. The zero-order valence-corrected chi connectivity index (χ0v) is 19.9. The lowest BCUT2D eigenvalue weighted by molar-refractivity contribution is 0.00993. The molecule has 2 rings (SSSR count). The number of nitrogens with zero attached hydrogens (tertiary/aromatic N) is 2. The van der Waals surface area contributed by atoms with E-state index in [1.54, 1.807) is 7.11 Å². The highest BCUT2D eigenvalue weighted by atomic mass is 127. The van der Waals surface area contributed by atoms with Crippen molar-refractivity contribution in [1.82, 2.24) is 10.2 Å². The minimum Gasteiger partial charge on any atom is -0.385 e. The van der Waals surface area contributed by atoms with Crippen LogP contribution in [0.5, 0.6) is 0 Å². The summed E-state index contributed by atoms with van der Waals surface area (Å²) in [7, 11) is 3.60. The summed E-state index contributed by atoms with van der Waals surface area (Å²) in [4.78, 5) is 8.10. The van der Waals surface area contributed by atoms with Gasteiger partial charge in [-0.1, -0.05) is 17.7 Å². The van der Waals surface area contributed by atoms with Crippen molar-refractivity contribution in [1.29, 1.82) is 0 Å². The highest BCUT2D eigenvalue weighted by Gasteiger charge is 2.21. The van der Waals surface area contributed by atoms with Crippen molar-refractivity contribution >= 4 is 41.7 Å². The molecule has 0 saturated carbocycles. The number of methoxy groups -OCH3 is 1. The first-order valence-electron chi connectivity index (χ1n) is 9.48. The normalized spacial score (nSPS) is 15.5. The van der Waals surface area contributed by atoms with Gasteiger partial charge >= 0.3 is 0 Å². The molecular weight excluding hydrogens is 473 g/mol. The zero-order valence-electron chi connectivity index (χ0n) is 16.8. The van der Waals surface area contributed by atoms with Crippen LogP contribution in [0.4, 0.5) is 0 Å². The monoisotopic (exact) mass is 507 g/mol. The molecular formula is C20H34IN3O2S. The van der Waals surface area contributed by atoms with E-state index in [2.05, 4.69) is 46.4 Å². The van der Waals surface area contributed by atoms with Gasteiger partial charge in [0.1, 0.15) is 0 Å². The minimum atomic E-state index is 0. The number of halogens is 1. The number of thioether (sulfide) groups is 1. The number of likely N-dealkylation sites (tertiary alicyclic amines) is 1. The molecule has 5 nitrogen and oxygen atoms in total. The lowest BCUT2D eigenvalue weighted by Gasteiger charge is -2.34. The number of ether oxygens (including phenoxy) is 2. The lowest BCUT2D eigenvalue weighted by Crippen LogP contribution is -2.47. The third-order valence-electron chi connectivity index (χ3n) is 4.47. The highest BCUT2D eigenvalue weighted by molar-refractivity contribution is 14.0. The summed E-state index contributed by atoms with van der Waals surface area (Å²) >= 11 is 1.88. The predicted molar refractivity (Wildman–Crippen MR) is 126 cm³/mol. The Morgan fingerprint density at radius 1 is 1.22 bits per heavy atom. The molecule has 1 aromatic carbocycles. The quantitative estimate of drug-likeness (QED) is 0.181. The topological polar surface area (TPSA) is 46.1 Å². The second-order valence-corrected chi connectivity index (χ2v) is 7.71. The van der Waals surface area contributed by atoms with E-state index in [9.17, 15) is 0 Å². The third-order valence-corrected chi connectivity index (χ3v) is 5.49. The van der Waals surface area contributed by atoms with E-state index in [0.29, 0.717) is 6.10 Å². The van der Waals surface area contributed by atoms with Gasteiger partial charge < -0.3 is 19.7 Å². The fraction of sp³-hybridized carbons (Fsp3) is 0.650.